The second-order valence-corrected chi connectivity index (χ2v) is 3.77. The monoisotopic (exact) mass is 256 g/mol. The maximum Gasteiger partial charge on any atom is 0.277 e. The van der Waals surface area contributed by atoms with Gasteiger partial charge in [-0.3, -0.25) is 19.7 Å². The molecule has 1 N–H and O–H groups in total. The van der Waals surface area contributed by atoms with E-state index in [0.717, 1.165) is 23.3 Å². The van der Waals surface area contributed by atoms with Gasteiger partial charge in [0.2, 0.25) is 0 Å². The average Bonchev–Trinajstić information content (AvgIpc) is 2.74. The number of nitrogens with zero attached hydrogens (tertiary/aromatic N) is 2. The number of aliphatic hydroxyl groups is 1. The summed E-state index contributed by atoms with van der Waals surface area (Å²) in [6.07, 6.45) is -0.808. The van der Waals surface area contributed by atoms with Crippen molar-refractivity contribution in [2.45, 2.75) is 6.10 Å². The highest BCUT2D eigenvalue weighted by molar-refractivity contribution is 5.94. The van der Waals surface area contributed by atoms with Gasteiger partial charge in [0.1, 0.15) is 18.5 Å². The van der Waals surface area contributed by atoms with Gasteiger partial charge in [-0.2, -0.15) is 0 Å². The van der Waals surface area contributed by atoms with Gasteiger partial charge in [0.25, 0.3) is 11.6 Å². The molecule has 0 radical (unpaired) electrons. The SMILES string of the molecule is O=C(c1cc(F)cc([N+](=O)[O-])c1)N1C[C@@H](O)CO1. The van der Waals surface area contributed by atoms with Crippen molar-refractivity contribution in [3.63, 3.8) is 0 Å². The molecule has 1 atom stereocenters. The smallest absolute Gasteiger partial charge is 0.277 e. The van der Waals surface area contributed by atoms with Crippen LogP contribution in [0.2, 0.25) is 0 Å². The zero-order valence-corrected chi connectivity index (χ0v) is 9.08. The summed E-state index contributed by atoms with van der Waals surface area (Å²) < 4.78 is 13.1. The van der Waals surface area contributed by atoms with Crippen molar-refractivity contribution in [1.82, 2.24) is 5.06 Å². The number of halogens is 1. The molecular formula is C10H9FN2O5. The molecule has 1 aromatic carbocycles. The Kier molecular flexibility index (Phi) is 3.21. The van der Waals surface area contributed by atoms with Crippen molar-refractivity contribution in [3.05, 3.63) is 39.7 Å². The summed E-state index contributed by atoms with van der Waals surface area (Å²) in [6.45, 7) is -0.0910. The lowest BCUT2D eigenvalue weighted by atomic mass is 10.2. The molecule has 0 unspecified atom stereocenters. The van der Waals surface area contributed by atoms with E-state index >= 15 is 0 Å². The lowest BCUT2D eigenvalue weighted by Gasteiger charge is -2.13. The molecule has 7 nitrogen and oxygen atoms in total. The Morgan fingerprint density at radius 3 is 2.83 bits per heavy atom. The number of amides is 1. The second-order valence-electron chi connectivity index (χ2n) is 3.77. The van der Waals surface area contributed by atoms with Gasteiger partial charge in [0, 0.05) is 6.07 Å². The van der Waals surface area contributed by atoms with E-state index in [4.69, 9.17) is 4.84 Å². The molecule has 0 aromatic heterocycles. The fourth-order valence-corrected chi connectivity index (χ4v) is 1.56. The number of aliphatic hydroxyl groups excluding tert-OH is 1. The van der Waals surface area contributed by atoms with Gasteiger partial charge in [-0.25, -0.2) is 9.45 Å². The van der Waals surface area contributed by atoms with Gasteiger partial charge in [-0.15, -0.1) is 0 Å². The number of rotatable bonds is 2. The van der Waals surface area contributed by atoms with Gasteiger partial charge in [-0.1, -0.05) is 0 Å². The lowest BCUT2D eigenvalue weighted by molar-refractivity contribution is -0.385. The molecule has 1 aliphatic rings. The van der Waals surface area contributed by atoms with E-state index < -0.39 is 28.4 Å². The number of hydrogen-bond donors (Lipinski definition) is 1. The van der Waals surface area contributed by atoms with Crippen molar-refractivity contribution >= 4 is 11.6 Å². The molecule has 1 aliphatic heterocycles. The highest BCUT2D eigenvalue weighted by Gasteiger charge is 2.28. The molecule has 1 aromatic rings. The lowest BCUT2D eigenvalue weighted by Crippen LogP contribution is -2.28. The maximum absolute atomic E-state index is 13.1. The summed E-state index contributed by atoms with van der Waals surface area (Å²) in [7, 11) is 0. The van der Waals surface area contributed by atoms with Crippen LogP contribution in [0.3, 0.4) is 0 Å². The number of carbonyl (C=O) groups is 1. The standard InChI is InChI=1S/C10H9FN2O5/c11-7-1-6(2-8(3-7)13(16)17)10(15)12-4-9(14)5-18-12/h1-3,9,14H,4-5H2/t9-/m1/s1. The second kappa shape index (κ2) is 4.67. The van der Waals surface area contributed by atoms with Crippen LogP contribution >= 0.6 is 0 Å². The van der Waals surface area contributed by atoms with Crippen molar-refractivity contribution in [2.24, 2.45) is 0 Å². The van der Waals surface area contributed by atoms with Gasteiger partial charge in [0.15, 0.2) is 0 Å². The summed E-state index contributed by atoms with van der Waals surface area (Å²) in [6, 6.07) is 2.55. The maximum atomic E-state index is 13.1. The Balaban J connectivity index is 2.27. The molecule has 8 heteroatoms. The summed E-state index contributed by atoms with van der Waals surface area (Å²) in [5.74, 6) is -1.61. The highest BCUT2D eigenvalue weighted by Crippen LogP contribution is 2.19. The summed E-state index contributed by atoms with van der Waals surface area (Å²) in [5, 5.41) is 20.6. The van der Waals surface area contributed by atoms with Crippen LogP contribution in [0, 0.1) is 15.9 Å². The molecule has 1 fully saturated rings. The van der Waals surface area contributed by atoms with E-state index in [9.17, 15) is 24.4 Å². The molecule has 0 saturated carbocycles. The van der Waals surface area contributed by atoms with E-state index in [0.29, 0.717) is 0 Å². The van der Waals surface area contributed by atoms with Gasteiger partial charge in [-0.05, 0) is 6.07 Å². The number of carbonyl (C=O) groups excluding carboxylic acids is 1. The Morgan fingerprint density at radius 2 is 2.28 bits per heavy atom. The third-order valence-electron chi connectivity index (χ3n) is 2.37. The predicted molar refractivity (Wildman–Crippen MR) is 56.0 cm³/mol. The predicted octanol–water partition coefficient (Wildman–Crippen LogP) is 0.482. The number of benzene rings is 1. The molecule has 0 spiro atoms. The Morgan fingerprint density at radius 1 is 1.56 bits per heavy atom. The first-order chi connectivity index (χ1) is 8.47. The number of hydroxylamine groups is 2. The van der Waals surface area contributed by atoms with Crippen molar-refractivity contribution in [2.75, 3.05) is 13.2 Å². The number of non-ortho nitro benzene ring substituents is 1. The van der Waals surface area contributed by atoms with Crippen molar-refractivity contribution in [3.8, 4) is 0 Å². The van der Waals surface area contributed by atoms with Crippen LogP contribution in [-0.2, 0) is 4.84 Å². The van der Waals surface area contributed by atoms with Gasteiger partial charge < -0.3 is 5.11 Å². The van der Waals surface area contributed by atoms with Gasteiger partial charge >= 0.3 is 0 Å². The van der Waals surface area contributed by atoms with Crippen LogP contribution < -0.4 is 0 Å². The molecule has 18 heavy (non-hydrogen) atoms. The Labute approximate surface area is 100 Å². The molecule has 1 heterocycles. The van der Waals surface area contributed by atoms with Crippen LogP contribution in [0.4, 0.5) is 10.1 Å². The quantitative estimate of drug-likeness (QED) is 0.613. The first-order valence-electron chi connectivity index (χ1n) is 5.05. The molecule has 1 saturated heterocycles. The molecule has 96 valence electrons. The summed E-state index contributed by atoms with van der Waals surface area (Å²) in [4.78, 5) is 26.4. The number of hydrogen-bond acceptors (Lipinski definition) is 5. The normalized spacial score (nSPS) is 19.0. The third kappa shape index (κ3) is 2.44. The third-order valence-corrected chi connectivity index (χ3v) is 2.37. The number of nitro benzene ring substituents is 1. The van der Waals surface area contributed by atoms with E-state index in [1.807, 2.05) is 0 Å². The van der Waals surface area contributed by atoms with Crippen LogP contribution in [0.5, 0.6) is 0 Å². The Hall–Kier alpha value is -2.06. The number of β-amino-alcohol motifs (C(OH)–C–C–N with tert-alkyl or cyclic N) is 1. The minimum atomic E-state index is -0.882. The molecule has 0 bridgehead atoms. The molecule has 2 rings (SSSR count). The molecule has 0 aliphatic carbocycles. The topological polar surface area (TPSA) is 92.9 Å². The first-order valence-corrected chi connectivity index (χ1v) is 5.05. The fraction of sp³-hybridized carbons (Fsp3) is 0.300. The minimum Gasteiger partial charge on any atom is -0.389 e. The van der Waals surface area contributed by atoms with Crippen LogP contribution in [0.1, 0.15) is 10.4 Å². The molecular weight excluding hydrogens is 247 g/mol. The van der Waals surface area contributed by atoms with Crippen LogP contribution in [0.25, 0.3) is 0 Å². The zero-order chi connectivity index (χ0) is 13.3. The van der Waals surface area contributed by atoms with Crippen LogP contribution in [0.15, 0.2) is 18.2 Å². The minimum absolute atomic E-state index is 0.0385. The fourth-order valence-electron chi connectivity index (χ4n) is 1.56. The zero-order valence-electron chi connectivity index (χ0n) is 9.08. The molecule has 1 amide bonds. The highest BCUT2D eigenvalue weighted by atomic mass is 19.1. The summed E-state index contributed by atoms with van der Waals surface area (Å²) >= 11 is 0. The summed E-state index contributed by atoms with van der Waals surface area (Å²) in [5.41, 5.74) is -0.714. The van der Waals surface area contributed by atoms with E-state index in [1.54, 1.807) is 0 Å². The first kappa shape index (κ1) is 12.4. The Bertz CT molecular complexity index is 507. The van der Waals surface area contributed by atoms with Crippen LogP contribution in [-0.4, -0.2) is 40.3 Å². The van der Waals surface area contributed by atoms with Gasteiger partial charge in [0.05, 0.1) is 23.1 Å². The van der Waals surface area contributed by atoms with E-state index in [1.165, 1.54) is 0 Å². The van der Waals surface area contributed by atoms with Crippen molar-refractivity contribution < 1.29 is 24.1 Å². The van der Waals surface area contributed by atoms with E-state index in [-0.39, 0.29) is 18.7 Å². The van der Waals surface area contributed by atoms with Crippen molar-refractivity contribution in [1.29, 1.82) is 0 Å². The van der Waals surface area contributed by atoms with E-state index in [2.05, 4.69) is 0 Å². The average molecular weight is 256 g/mol. The largest absolute Gasteiger partial charge is 0.389 e. The number of nitro groups is 1.